The molecule has 4 heteroatoms. The molecule has 0 aromatic carbocycles. The lowest BCUT2D eigenvalue weighted by molar-refractivity contribution is -0.123. The number of hydrogen-bond acceptors (Lipinski definition) is 3. The molecule has 4 nitrogen and oxygen atoms in total. The van der Waals surface area contributed by atoms with Gasteiger partial charge in [-0.1, -0.05) is 25.7 Å². The molecule has 20 heavy (non-hydrogen) atoms. The van der Waals surface area contributed by atoms with E-state index in [2.05, 4.69) is 9.78 Å². The first-order valence-corrected chi connectivity index (χ1v) is 8.06. The second-order valence-corrected chi connectivity index (χ2v) is 6.42. The zero-order chi connectivity index (χ0) is 13.9. The third-order valence-corrected chi connectivity index (χ3v) is 4.95. The second kappa shape index (κ2) is 6.08. The van der Waals surface area contributed by atoms with Crippen LogP contribution in [0.15, 0.2) is 12.3 Å². The number of nitrogens with two attached hydrogens (primary N) is 1. The van der Waals surface area contributed by atoms with E-state index in [-0.39, 0.29) is 17.7 Å². The third kappa shape index (κ3) is 2.95. The van der Waals surface area contributed by atoms with E-state index in [1.807, 2.05) is 12.3 Å². The predicted molar refractivity (Wildman–Crippen MR) is 78.4 cm³/mol. The summed E-state index contributed by atoms with van der Waals surface area (Å²) in [4.78, 5) is 12.4. The molecule has 2 unspecified atom stereocenters. The van der Waals surface area contributed by atoms with E-state index in [0.717, 1.165) is 25.0 Å². The summed E-state index contributed by atoms with van der Waals surface area (Å²) in [5.74, 6) is 0.342. The van der Waals surface area contributed by atoms with Crippen molar-refractivity contribution in [1.29, 1.82) is 0 Å². The summed E-state index contributed by atoms with van der Waals surface area (Å²) >= 11 is 0. The van der Waals surface area contributed by atoms with Gasteiger partial charge in [0.1, 0.15) is 5.78 Å². The second-order valence-electron chi connectivity index (χ2n) is 6.42. The maximum absolute atomic E-state index is 12.4. The monoisotopic (exact) mass is 275 g/mol. The van der Waals surface area contributed by atoms with Crippen LogP contribution in [0, 0.1) is 5.92 Å². The van der Waals surface area contributed by atoms with Gasteiger partial charge in [0.05, 0.1) is 18.2 Å². The van der Waals surface area contributed by atoms with Crippen LogP contribution in [0.4, 0.5) is 0 Å². The van der Waals surface area contributed by atoms with Crippen molar-refractivity contribution in [2.45, 2.75) is 69.9 Å². The van der Waals surface area contributed by atoms with Crippen molar-refractivity contribution in [1.82, 2.24) is 9.78 Å². The molecule has 2 aliphatic rings. The van der Waals surface area contributed by atoms with Crippen molar-refractivity contribution in [3.05, 3.63) is 18.0 Å². The fourth-order valence-electron chi connectivity index (χ4n) is 3.71. The van der Waals surface area contributed by atoms with Gasteiger partial charge in [0.2, 0.25) is 0 Å². The summed E-state index contributed by atoms with van der Waals surface area (Å²) in [7, 11) is 0. The SMILES string of the molecule is NC1CCCCC1C(=O)Cc1ccn(C2CCCC2)n1. The Balaban J connectivity index is 1.60. The molecule has 0 aliphatic heterocycles. The first kappa shape index (κ1) is 13.8. The molecule has 2 aliphatic carbocycles. The van der Waals surface area contributed by atoms with Crippen molar-refractivity contribution in [3.8, 4) is 0 Å². The number of rotatable bonds is 4. The molecule has 110 valence electrons. The Kier molecular flexibility index (Phi) is 4.20. The highest BCUT2D eigenvalue weighted by molar-refractivity contribution is 5.83. The molecular weight excluding hydrogens is 250 g/mol. The summed E-state index contributed by atoms with van der Waals surface area (Å²) in [6.45, 7) is 0. The number of carbonyl (C=O) groups is 1. The molecule has 3 rings (SSSR count). The third-order valence-electron chi connectivity index (χ3n) is 4.95. The van der Waals surface area contributed by atoms with Crippen molar-refractivity contribution in [3.63, 3.8) is 0 Å². The molecule has 2 saturated carbocycles. The van der Waals surface area contributed by atoms with Crippen LogP contribution >= 0.6 is 0 Å². The number of Topliss-reactive ketones (excluding diaryl/α,β-unsaturated/α-hetero) is 1. The molecule has 0 bridgehead atoms. The van der Waals surface area contributed by atoms with Gasteiger partial charge in [0.25, 0.3) is 0 Å². The summed E-state index contributed by atoms with van der Waals surface area (Å²) in [5, 5.41) is 4.61. The van der Waals surface area contributed by atoms with E-state index >= 15 is 0 Å². The Labute approximate surface area is 120 Å². The average molecular weight is 275 g/mol. The number of hydrogen-bond donors (Lipinski definition) is 1. The summed E-state index contributed by atoms with van der Waals surface area (Å²) < 4.78 is 2.07. The highest BCUT2D eigenvalue weighted by Gasteiger charge is 2.28. The van der Waals surface area contributed by atoms with Crippen molar-refractivity contribution < 1.29 is 4.79 Å². The highest BCUT2D eigenvalue weighted by Crippen LogP contribution is 2.29. The van der Waals surface area contributed by atoms with Crippen molar-refractivity contribution >= 4 is 5.78 Å². The molecule has 0 radical (unpaired) electrons. The van der Waals surface area contributed by atoms with E-state index in [1.165, 1.54) is 32.1 Å². The van der Waals surface area contributed by atoms with E-state index < -0.39 is 0 Å². The number of carbonyl (C=O) groups excluding carboxylic acids is 1. The van der Waals surface area contributed by atoms with Gasteiger partial charge < -0.3 is 5.73 Å². The Morgan fingerprint density at radius 1 is 1.20 bits per heavy atom. The number of nitrogens with zero attached hydrogens (tertiary/aromatic N) is 2. The van der Waals surface area contributed by atoms with Crippen LogP contribution < -0.4 is 5.73 Å². The Morgan fingerprint density at radius 3 is 2.65 bits per heavy atom. The Morgan fingerprint density at radius 2 is 1.90 bits per heavy atom. The smallest absolute Gasteiger partial charge is 0.143 e. The Hall–Kier alpha value is -1.16. The number of ketones is 1. The van der Waals surface area contributed by atoms with Crippen LogP contribution in [0.3, 0.4) is 0 Å². The first-order chi connectivity index (χ1) is 9.74. The first-order valence-electron chi connectivity index (χ1n) is 8.06. The summed E-state index contributed by atoms with van der Waals surface area (Å²) in [5.41, 5.74) is 7.01. The highest BCUT2D eigenvalue weighted by atomic mass is 16.1. The normalized spacial score (nSPS) is 27.9. The molecule has 2 fully saturated rings. The molecule has 1 heterocycles. The zero-order valence-corrected chi connectivity index (χ0v) is 12.1. The molecule has 0 spiro atoms. The van der Waals surface area contributed by atoms with Crippen LogP contribution in [0.2, 0.25) is 0 Å². The Bertz CT molecular complexity index is 462. The minimum atomic E-state index is 0.0559. The fraction of sp³-hybridized carbons (Fsp3) is 0.750. The van der Waals surface area contributed by atoms with Crippen molar-refractivity contribution in [2.24, 2.45) is 11.7 Å². The summed E-state index contributed by atoms with van der Waals surface area (Å²) in [6.07, 6.45) is 11.8. The van der Waals surface area contributed by atoms with Gasteiger partial charge in [-0.15, -0.1) is 0 Å². The van der Waals surface area contributed by atoms with E-state index in [4.69, 9.17) is 5.73 Å². The van der Waals surface area contributed by atoms with E-state index in [9.17, 15) is 4.79 Å². The maximum atomic E-state index is 12.4. The van der Waals surface area contributed by atoms with Crippen LogP contribution in [0.5, 0.6) is 0 Å². The molecule has 1 aromatic heterocycles. The molecular formula is C16H25N3O. The van der Waals surface area contributed by atoms with Gasteiger partial charge in [0.15, 0.2) is 0 Å². The largest absolute Gasteiger partial charge is 0.327 e. The average Bonchev–Trinajstić information content (AvgIpc) is 3.09. The molecule has 1 aromatic rings. The topological polar surface area (TPSA) is 60.9 Å². The predicted octanol–water partition coefficient (Wildman–Crippen LogP) is 2.63. The van der Waals surface area contributed by atoms with Crippen LogP contribution in [0.1, 0.15) is 63.1 Å². The summed E-state index contributed by atoms with van der Waals surface area (Å²) in [6, 6.07) is 2.62. The van der Waals surface area contributed by atoms with E-state index in [1.54, 1.807) is 0 Å². The van der Waals surface area contributed by atoms with Gasteiger partial charge in [-0.3, -0.25) is 9.48 Å². The molecule has 2 N–H and O–H groups in total. The van der Waals surface area contributed by atoms with Gasteiger partial charge in [0, 0.05) is 18.2 Å². The lowest BCUT2D eigenvalue weighted by Crippen LogP contribution is -2.38. The molecule has 0 amide bonds. The van der Waals surface area contributed by atoms with E-state index in [0.29, 0.717) is 12.5 Å². The van der Waals surface area contributed by atoms with Crippen LogP contribution in [0.25, 0.3) is 0 Å². The minimum absolute atomic E-state index is 0.0559. The van der Waals surface area contributed by atoms with Crippen molar-refractivity contribution in [2.75, 3.05) is 0 Å². The fourth-order valence-corrected chi connectivity index (χ4v) is 3.71. The lowest BCUT2D eigenvalue weighted by atomic mass is 9.81. The molecule has 2 atom stereocenters. The minimum Gasteiger partial charge on any atom is -0.327 e. The van der Waals surface area contributed by atoms with Gasteiger partial charge in [-0.2, -0.15) is 5.10 Å². The zero-order valence-electron chi connectivity index (χ0n) is 12.1. The molecule has 0 saturated heterocycles. The van der Waals surface area contributed by atoms with Gasteiger partial charge in [-0.25, -0.2) is 0 Å². The quantitative estimate of drug-likeness (QED) is 0.919. The van der Waals surface area contributed by atoms with Gasteiger partial charge >= 0.3 is 0 Å². The standard InChI is InChI=1S/C16H25N3O/c17-15-8-4-3-7-14(15)16(20)11-12-9-10-19(18-12)13-5-1-2-6-13/h9-10,13-15H,1-8,11,17H2. The lowest BCUT2D eigenvalue weighted by Gasteiger charge is -2.27. The number of aromatic nitrogens is 2. The van der Waals surface area contributed by atoms with Gasteiger partial charge in [-0.05, 0) is 31.7 Å². The van der Waals surface area contributed by atoms with Crippen LogP contribution in [-0.2, 0) is 11.2 Å². The van der Waals surface area contributed by atoms with Crippen LogP contribution in [-0.4, -0.2) is 21.6 Å². The maximum Gasteiger partial charge on any atom is 0.143 e.